The maximum Gasteiger partial charge on any atom is 0.324 e. The lowest BCUT2D eigenvalue weighted by Gasteiger charge is -2.12. The zero-order valence-corrected chi connectivity index (χ0v) is 19.6. The van der Waals surface area contributed by atoms with Gasteiger partial charge < -0.3 is 20.1 Å². The number of nitrogens with one attached hydrogen (secondary N) is 2. The van der Waals surface area contributed by atoms with E-state index in [9.17, 15) is 4.79 Å². The van der Waals surface area contributed by atoms with Gasteiger partial charge in [0.1, 0.15) is 17.9 Å². The van der Waals surface area contributed by atoms with Crippen molar-refractivity contribution in [2.75, 3.05) is 16.4 Å². The second-order valence-corrected chi connectivity index (χ2v) is 9.19. The molecule has 0 aliphatic rings. The topological polar surface area (TPSA) is 124 Å². The Labute approximate surface area is 202 Å². The largest absolute Gasteiger partial charge is 0.383 e. The Morgan fingerprint density at radius 2 is 1.74 bits per heavy atom. The van der Waals surface area contributed by atoms with Crippen LogP contribution >= 0.6 is 0 Å². The summed E-state index contributed by atoms with van der Waals surface area (Å²) in [6.07, 6.45) is 3.45. The van der Waals surface area contributed by atoms with E-state index in [-0.39, 0.29) is 5.41 Å². The Morgan fingerprint density at radius 3 is 2.43 bits per heavy atom. The normalized spacial score (nSPS) is 11.5. The smallest absolute Gasteiger partial charge is 0.324 e. The van der Waals surface area contributed by atoms with Crippen molar-refractivity contribution >= 4 is 34.4 Å². The van der Waals surface area contributed by atoms with E-state index < -0.39 is 6.03 Å². The molecule has 4 N–H and O–H groups in total. The van der Waals surface area contributed by atoms with Crippen LogP contribution in [-0.4, -0.2) is 25.7 Å². The van der Waals surface area contributed by atoms with Crippen molar-refractivity contribution in [3.63, 3.8) is 0 Å². The Bertz CT molecular complexity index is 1500. The van der Waals surface area contributed by atoms with Gasteiger partial charge in [-0.05, 0) is 29.8 Å². The molecule has 0 spiro atoms. The first-order valence-electron chi connectivity index (χ1n) is 11.1. The number of urea groups is 1. The van der Waals surface area contributed by atoms with Crippen LogP contribution in [0.2, 0.25) is 0 Å². The molecule has 35 heavy (non-hydrogen) atoms. The molecule has 3 aromatic heterocycles. The van der Waals surface area contributed by atoms with Gasteiger partial charge in [0.05, 0.1) is 5.39 Å². The lowest BCUT2D eigenvalue weighted by molar-refractivity contribution is 0.262. The molecule has 0 saturated carbocycles. The first-order valence-corrected chi connectivity index (χ1v) is 11.1. The molecular formula is C26H25N7O2. The second kappa shape index (κ2) is 8.60. The summed E-state index contributed by atoms with van der Waals surface area (Å²) in [5.74, 6) is 1.47. The van der Waals surface area contributed by atoms with E-state index in [0.717, 1.165) is 22.2 Å². The van der Waals surface area contributed by atoms with Gasteiger partial charge in [-0.15, -0.1) is 0 Å². The van der Waals surface area contributed by atoms with Crippen LogP contribution < -0.4 is 16.4 Å². The van der Waals surface area contributed by atoms with E-state index in [2.05, 4.69) is 25.8 Å². The second-order valence-electron chi connectivity index (χ2n) is 9.19. The molecule has 0 aliphatic heterocycles. The maximum absolute atomic E-state index is 12.4. The summed E-state index contributed by atoms with van der Waals surface area (Å²) in [5.41, 5.74) is 10.2. The summed E-state index contributed by atoms with van der Waals surface area (Å²) in [6.45, 7) is 6.03. The van der Waals surface area contributed by atoms with E-state index in [4.69, 9.17) is 10.3 Å². The van der Waals surface area contributed by atoms with Gasteiger partial charge in [-0.3, -0.25) is 5.32 Å². The fourth-order valence-electron chi connectivity index (χ4n) is 3.79. The minimum absolute atomic E-state index is 0.197. The molecule has 176 valence electrons. The molecule has 0 saturated heterocycles. The van der Waals surface area contributed by atoms with E-state index in [1.165, 1.54) is 6.33 Å². The number of carbonyl (C=O) groups is 1. The summed E-state index contributed by atoms with van der Waals surface area (Å²) in [4.78, 5) is 21.1. The van der Waals surface area contributed by atoms with Crippen molar-refractivity contribution in [2.45, 2.75) is 26.2 Å². The summed E-state index contributed by atoms with van der Waals surface area (Å²) >= 11 is 0. The fraction of sp³-hybridized carbons (Fsp3) is 0.154. The molecule has 3 heterocycles. The summed E-state index contributed by atoms with van der Waals surface area (Å²) in [6, 6.07) is 18.7. The van der Waals surface area contributed by atoms with Crippen molar-refractivity contribution in [1.82, 2.24) is 19.7 Å². The Morgan fingerprint density at radius 1 is 1.00 bits per heavy atom. The summed E-state index contributed by atoms with van der Waals surface area (Å²) in [5, 5.41) is 10.2. The molecule has 0 radical (unpaired) electrons. The first kappa shape index (κ1) is 22.1. The molecule has 5 rings (SSSR count). The number of fused-ring (bicyclic) bond motifs is 1. The Balaban J connectivity index is 1.38. The quantitative estimate of drug-likeness (QED) is 0.316. The maximum atomic E-state index is 12.4. The van der Waals surface area contributed by atoms with Crippen LogP contribution in [0.15, 0.2) is 77.7 Å². The van der Waals surface area contributed by atoms with E-state index in [1.54, 1.807) is 6.07 Å². The highest BCUT2D eigenvalue weighted by molar-refractivity contribution is 6.01. The predicted octanol–water partition coefficient (Wildman–Crippen LogP) is 5.60. The third kappa shape index (κ3) is 4.43. The van der Waals surface area contributed by atoms with Gasteiger partial charge in [0, 0.05) is 34.6 Å². The van der Waals surface area contributed by atoms with Gasteiger partial charge >= 0.3 is 6.03 Å². The average Bonchev–Trinajstić information content (AvgIpc) is 3.46. The van der Waals surface area contributed by atoms with E-state index >= 15 is 0 Å². The first-order chi connectivity index (χ1) is 16.8. The molecule has 9 nitrogen and oxygen atoms in total. The third-order valence-electron chi connectivity index (χ3n) is 5.59. The highest BCUT2D eigenvalue weighted by Crippen LogP contribution is 2.34. The van der Waals surface area contributed by atoms with Crippen molar-refractivity contribution in [2.24, 2.45) is 0 Å². The van der Waals surface area contributed by atoms with Crippen LogP contribution in [0.4, 0.5) is 22.1 Å². The van der Waals surface area contributed by atoms with Crippen LogP contribution in [-0.2, 0) is 5.41 Å². The van der Waals surface area contributed by atoms with Crippen molar-refractivity contribution in [3.05, 3.63) is 78.9 Å². The van der Waals surface area contributed by atoms with Crippen LogP contribution in [0.25, 0.3) is 27.8 Å². The van der Waals surface area contributed by atoms with Gasteiger partial charge in [-0.1, -0.05) is 56.3 Å². The number of aromatic nitrogens is 4. The number of benzene rings is 2. The summed E-state index contributed by atoms with van der Waals surface area (Å²) in [7, 11) is 0. The molecule has 2 amide bonds. The zero-order chi connectivity index (χ0) is 24.6. The third-order valence-corrected chi connectivity index (χ3v) is 5.59. The highest BCUT2D eigenvalue weighted by Gasteiger charge is 2.20. The van der Waals surface area contributed by atoms with Crippen molar-refractivity contribution in [3.8, 4) is 16.8 Å². The minimum atomic E-state index is -0.412. The van der Waals surface area contributed by atoms with Crippen LogP contribution in [0.5, 0.6) is 0 Å². The van der Waals surface area contributed by atoms with Crippen LogP contribution in [0, 0.1) is 0 Å². The Kier molecular flexibility index (Phi) is 5.44. The molecule has 0 aliphatic carbocycles. The van der Waals surface area contributed by atoms with Gasteiger partial charge in [-0.2, -0.15) is 0 Å². The van der Waals surface area contributed by atoms with E-state index in [0.29, 0.717) is 28.7 Å². The van der Waals surface area contributed by atoms with Gasteiger partial charge in [0.25, 0.3) is 0 Å². The zero-order valence-electron chi connectivity index (χ0n) is 19.6. The standard InChI is InChI=1S/C26H25N7O2/c1-26(2,3)20-13-21(32-35-20)31-25(34)30-17-9-11-18(12-10-17)33-14-19(16-7-5-4-6-8-16)22-23(27)28-15-29-24(22)33/h4-15H,1-3H3,(H2,27,28,29)(H2,30,31,32,34). The number of nitrogens with two attached hydrogens (primary N) is 1. The molecule has 5 aromatic rings. The number of rotatable bonds is 4. The van der Waals surface area contributed by atoms with Crippen LogP contribution in [0.3, 0.4) is 0 Å². The summed E-state index contributed by atoms with van der Waals surface area (Å²) < 4.78 is 7.27. The number of nitrogen functional groups attached to an aromatic ring is 1. The van der Waals surface area contributed by atoms with Gasteiger partial charge in [-0.25, -0.2) is 14.8 Å². The highest BCUT2D eigenvalue weighted by atomic mass is 16.5. The number of carbonyl (C=O) groups excluding carboxylic acids is 1. The van der Waals surface area contributed by atoms with Crippen molar-refractivity contribution in [1.29, 1.82) is 0 Å². The van der Waals surface area contributed by atoms with Gasteiger partial charge in [0.15, 0.2) is 11.5 Å². The average molecular weight is 468 g/mol. The van der Waals surface area contributed by atoms with E-state index in [1.807, 2.05) is 86.1 Å². The number of amides is 2. The lowest BCUT2D eigenvalue weighted by Crippen LogP contribution is -2.19. The van der Waals surface area contributed by atoms with Crippen LogP contribution in [0.1, 0.15) is 26.5 Å². The molecule has 0 bridgehead atoms. The fourth-order valence-corrected chi connectivity index (χ4v) is 3.79. The predicted molar refractivity (Wildman–Crippen MR) is 137 cm³/mol. The molecule has 0 unspecified atom stereocenters. The van der Waals surface area contributed by atoms with Gasteiger partial charge in [0.2, 0.25) is 0 Å². The Hall–Kier alpha value is -4.66. The number of anilines is 3. The molecule has 9 heteroatoms. The SMILES string of the molecule is CC(C)(C)c1cc(NC(=O)Nc2ccc(-n3cc(-c4ccccc4)c4c(N)ncnc43)cc2)no1. The number of hydrogen-bond donors (Lipinski definition) is 3. The number of hydrogen-bond acceptors (Lipinski definition) is 6. The molecule has 2 aromatic carbocycles. The molecule has 0 fully saturated rings. The minimum Gasteiger partial charge on any atom is -0.383 e. The lowest BCUT2D eigenvalue weighted by atomic mass is 9.93. The van der Waals surface area contributed by atoms with Crippen molar-refractivity contribution < 1.29 is 9.32 Å². The molecular weight excluding hydrogens is 442 g/mol. The molecule has 0 atom stereocenters. The number of nitrogens with zero attached hydrogens (tertiary/aromatic N) is 4. The monoisotopic (exact) mass is 467 g/mol.